The number of nitrogens with two attached hydrogens (primary N) is 1. The number of nitrogens with zero attached hydrogens (tertiary/aromatic N) is 4. The summed E-state index contributed by atoms with van der Waals surface area (Å²) < 4.78 is 29.8. The van der Waals surface area contributed by atoms with Gasteiger partial charge in [0.25, 0.3) is 11.8 Å². The fourth-order valence-corrected chi connectivity index (χ4v) is 4.09. The highest BCUT2D eigenvalue weighted by Gasteiger charge is 2.46. The van der Waals surface area contributed by atoms with Crippen LogP contribution in [0.15, 0.2) is 29.9 Å². The maximum absolute atomic E-state index is 14.1. The van der Waals surface area contributed by atoms with Gasteiger partial charge in [-0.2, -0.15) is 10.4 Å². The average Bonchev–Trinajstić information content (AvgIpc) is 3.30. The molecule has 0 spiro atoms. The predicted octanol–water partition coefficient (Wildman–Crippen LogP) is 2.57. The quantitative estimate of drug-likeness (QED) is 0.700. The standard InChI is InChI=1S/C18H16F2N6OS/c19-18(20)5-1-2-12(22)15(18)25-16(27)17-24-13(9-28-17)11-7-23-26-8-10(6-21)3-4-14(11)26/h3-4,7-9,12,15H,1-2,5,22H2,(H,25,27)/t12-,15+/m0/s1. The molecule has 4 rings (SSSR count). The van der Waals surface area contributed by atoms with Crippen molar-refractivity contribution in [1.29, 1.82) is 5.26 Å². The van der Waals surface area contributed by atoms with E-state index in [0.717, 1.165) is 16.9 Å². The smallest absolute Gasteiger partial charge is 0.280 e. The van der Waals surface area contributed by atoms with E-state index >= 15 is 0 Å². The fraction of sp³-hybridized carbons (Fsp3) is 0.333. The van der Waals surface area contributed by atoms with Crippen molar-refractivity contribution >= 4 is 22.8 Å². The Bertz CT molecular complexity index is 1090. The molecule has 1 aliphatic carbocycles. The van der Waals surface area contributed by atoms with Crippen molar-refractivity contribution in [3.8, 4) is 17.3 Å². The SMILES string of the molecule is N#Cc1ccc2c(-c3csc(C(=O)N[C@@H]4[C@@H](N)CCCC4(F)F)n3)cnn2c1. The van der Waals surface area contributed by atoms with E-state index in [1.165, 1.54) is 0 Å². The molecule has 1 fully saturated rings. The van der Waals surface area contributed by atoms with Gasteiger partial charge in [0, 0.05) is 29.6 Å². The van der Waals surface area contributed by atoms with E-state index in [1.807, 2.05) is 6.07 Å². The summed E-state index contributed by atoms with van der Waals surface area (Å²) in [6, 6.07) is 3.24. The van der Waals surface area contributed by atoms with Crippen molar-refractivity contribution in [2.24, 2.45) is 5.73 Å². The molecule has 0 saturated heterocycles. The summed E-state index contributed by atoms with van der Waals surface area (Å²) in [5.74, 6) is -3.70. The predicted molar refractivity (Wildman–Crippen MR) is 99.0 cm³/mol. The van der Waals surface area contributed by atoms with Gasteiger partial charge in [-0.1, -0.05) is 0 Å². The third kappa shape index (κ3) is 3.23. The lowest BCUT2D eigenvalue weighted by Crippen LogP contribution is -2.59. The van der Waals surface area contributed by atoms with E-state index < -0.39 is 23.9 Å². The van der Waals surface area contributed by atoms with Gasteiger partial charge in [0.15, 0.2) is 5.01 Å². The number of hydrogen-bond acceptors (Lipinski definition) is 6. The van der Waals surface area contributed by atoms with Crippen LogP contribution in [0.25, 0.3) is 16.8 Å². The van der Waals surface area contributed by atoms with Crippen molar-refractivity contribution < 1.29 is 13.6 Å². The van der Waals surface area contributed by atoms with Crippen LogP contribution in [0.2, 0.25) is 0 Å². The molecule has 144 valence electrons. The van der Waals surface area contributed by atoms with Gasteiger partial charge in [0.2, 0.25) is 0 Å². The lowest BCUT2D eigenvalue weighted by Gasteiger charge is -2.36. The number of fused-ring (bicyclic) bond motifs is 1. The van der Waals surface area contributed by atoms with Crippen molar-refractivity contribution in [3.05, 3.63) is 40.5 Å². The monoisotopic (exact) mass is 402 g/mol. The Morgan fingerprint density at radius 1 is 1.46 bits per heavy atom. The Kier molecular flexibility index (Phi) is 4.56. The van der Waals surface area contributed by atoms with Crippen LogP contribution in [0.1, 0.15) is 34.6 Å². The lowest BCUT2D eigenvalue weighted by molar-refractivity contribution is -0.0674. The molecule has 1 saturated carbocycles. The van der Waals surface area contributed by atoms with E-state index in [4.69, 9.17) is 11.0 Å². The summed E-state index contributed by atoms with van der Waals surface area (Å²) in [5, 5.41) is 17.3. The maximum Gasteiger partial charge on any atom is 0.280 e. The molecular formula is C18H16F2N6OS. The Hall–Kier alpha value is -2.90. The zero-order chi connectivity index (χ0) is 19.9. The second-order valence-corrected chi connectivity index (χ2v) is 7.58. The Balaban J connectivity index is 1.58. The molecule has 0 aromatic carbocycles. The molecule has 2 atom stereocenters. The van der Waals surface area contributed by atoms with Crippen molar-refractivity contribution in [2.45, 2.75) is 37.3 Å². The van der Waals surface area contributed by atoms with Gasteiger partial charge < -0.3 is 11.1 Å². The van der Waals surface area contributed by atoms with Crippen molar-refractivity contribution in [3.63, 3.8) is 0 Å². The summed E-state index contributed by atoms with van der Waals surface area (Å²) in [6.45, 7) is 0. The molecule has 3 aromatic heterocycles. The van der Waals surface area contributed by atoms with E-state index in [2.05, 4.69) is 15.4 Å². The minimum absolute atomic E-state index is 0.0802. The third-order valence-electron chi connectivity index (χ3n) is 4.84. The van der Waals surface area contributed by atoms with Crippen LogP contribution in [0.4, 0.5) is 8.78 Å². The number of alkyl halides is 2. The minimum atomic E-state index is -3.03. The number of rotatable bonds is 3. The van der Waals surface area contributed by atoms with Gasteiger partial charge in [-0.15, -0.1) is 11.3 Å². The van der Waals surface area contributed by atoms with Gasteiger partial charge in [-0.05, 0) is 25.0 Å². The average molecular weight is 402 g/mol. The molecule has 1 aliphatic rings. The second-order valence-electron chi connectivity index (χ2n) is 6.72. The topological polar surface area (TPSA) is 109 Å². The molecule has 0 radical (unpaired) electrons. The Morgan fingerprint density at radius 3 is 3.04 bits per heavy atom. The maximum atomic E-state index is 14.1. The number of aromatic nitrogens is 3. The molecule has 3 N–H and O–H groups in total. The van der Waals surface area contributed by atoms with Crippen LogP contribution in [-0.4, -0.2) is 38.5 Å². The van der Waals surface area contributed by atoms with Crippen molar-refractivity contribution in [1.82, 2.24) is 19.9 Å². The van der Waals surface area contributed by atoms with Gasteiger partial charge in [0.05, 0.1) is 23.0 Å². The number of nitrogens with one attached hydrogen (secondary N) is 1. The largest absolute Gasteiger partial charge is 0.340 e. The molecule has 10 heteroatoms. The number of thiazole rings is 1. The number of nitriles is 1. The van der Waals surface area contributed by atoms with Gasteiger partial charge in [0.1, 0.15) is 12.1 Å². The zero-order valence-corrected chi connectivity index (χ0v) is 15.4. The zero-order valence-electron chi connectivity index (χ0n) is 14.6. The highest BCUT2D eigenvalue weighted by atomic mass is 32.1. The Labute approximate surface area is 162 Å². The second kappa shape index (κ2) is 6.92. The first kappa shape index (κ1) is 18.5. The first-order valence-electron chi connectivity index (χ1n) is 8.67. The first-order chi connectivity index (χ1) is 13.4. The normalized spacial score (nSPS) is 21.4. The van der Waals surface area contributed by atoms with E-state index in [9.17, 15) is 13.6 Å². The lowest BCUT2D eigenvalue weighted by atomic mass is 9.87. The van der Waals surface area contributed by atoms with Crippen LogP contribution in [0.5, 0.6) is 0 Å². The Morgan fingerprint density at radius 2 is 2.29 bits per heavy atom. The van der Waals surface area contributed by atoms with Crippen LogP contribution in [0.3, 0.4) is 0 Å². The molecule has 7 nitrogen and oxygen atoms in total. The number of pyridine rings is 1. The number of carbonyl (C=O) groups excluding carboxylic acids is 1. The number of amides is 1. The van der Waals surface area contributed by atoms with E-state index in [-0.39, 0.29) is 11.4 Å². The summed E-state index contributed by atoms with van der Waals surface area (Å²) in [7, 11) is 0. The highest BCUT2D eigenvalue weighted by Crippen LogP contribution is 2.33. The molecule has 0 unspecified atom stereocenters. The number of carbonyl (C=O) groups is 1. The molecule has 1 amide bonds. The minimum Gasteiger partial charge on any atom is -0.340 e. The fourth-order valence-electron chi connectivity index (χ4n) is 3.37. The van der Waals surface area contributed by atoms with E-state index in [0.29, 0.717) is 29.7 Å². The van der Waals surface area contributed by atoms with Crippen LogP contribution >= 0.6 is 11.3 Å². The molecule has 3 aromatic rings. The summed E-state index contributed by atoms with van der Waals surface area (Å²) in [5.41, 5.74) is 8.18. The molecule has 3 heterocycles. The summed E-state index contributed by atoms with van der Waals surface area (Å²) in [6.07, 6.45) is 3.66. The van der Waals surface area contributed by atoms with Gasteiger partial charge >= 0.3 is 0 Å². The van der Waals surface area contributed by atoms with Crippen LogP contribution in [0, 0.1) is 11.3 Å². The highest BCUT2D eigenvalue weighted by molar-refractivity contribution is 7.12. The van der Waals surface area contributed by atoms with Gasteiger partial charge in [-0.3, -0.25) is 4.79 Å². The van der Waals surface area contributed by atoms with Crippen molar-refractivity contribution in [2.75, 3.05) is 0 Å². The van der Waals surface area contributed by atoms with E-state index in [1.54, 1.807) is 34.4 Å². The third-order valence-corrected chi connectivity index (χ3v) is 5.68. The van der Waals surface area contributed by atoms with Crippen LogP contribution in [-0.2, 0) is 0 Å². The van der Waals surface area contributed by atoms with Gasteiger partial charge in [-0.25, -0.2) is 18.3 Å². The number of halogens is 2. The summed E-state index contributed by atoms with van der Waals surface area (Å²) in [4.78, 5) is 16.8. The molecular weight excluding hydrogens is 386 g/mol. The first-order valence-corrected chi connectivity index (χ1v) is 9.54. The molecule has 0 bridgehead atoms. The molecule has 28 heavy (non-hydrogen) atoms. The molecule has 0 aliphatic heterocycles. The van der Waals surface area contributed by atoms with Crippen LogP contribution < -0.4 is 11.1 Å². The summed E-state index contributed by atoms with van der Waals surface area (Å²) >= 11 is 1.06. The number of hydrogen-bond donors (Lipinski definition) is 2.